The Bertz CT molecular complexity index is 759. The van der Waals surface area contributed by atoms with Crippen LogP contribution in [-0.4, -0.2) is 38.2 Å². The minimum atomic E-state index is -0.655. The molecule has 0 fully saturated rings. The lowest BCUT2D eigenvalue weighted by molar-refractivity contribution is -0.122. The van der Waals surface area contributed by atoms with Crippen LogP contribution in [0.3, 0.4) is 0 Å². The number of methoxy groups -OCH3 is 1. The Hall–Kier alpha value is -2.86. The van der Waals surface area contributed by atoms with E-state index in [4.69, 9.17) is 9.47 Å². The molecule has 0 unspecified atom stereocenters. The maximum Gasteiger partial charge on any atom is 0.265 e. The Morgan fingerprint density at radius 2 is 1.78 bits per heavy atom. The fraction of sp³-hybridized carbons (Fsp3) is 0.333. The van der Waals surface area contributed by atoms with Gasteiger partial charge in [0.1, 0.15) is 5.75 Å². The number of rotatable bonds is 9. The van der Waals surface area contributed by atoms with E-state index in [9.17, 15) is 9.59 Å². The van der Waals surface area contributed by atoms with E-state index >= 15 is 0 Å². The molecule has 0 heterocycles. The lowest BCUT2D eigenvalue weighted by Gasteiger charge is -2.18. The van der Waals surface area contributed by atoms with Gasteiger partial charge in [-0.2, -0.15) is 0 Å². The predicted octanol–water partition coefficient (Wildman–Crippen LogP) is 3.17. The van der Waals surface area contributed by atoms with Crippen molar-refractivity contribution in [3.8, 4) is 5.75 Å². The molecule has 27 heavy (non-hydrogen) atoms. The first-order valence-corrected chi connectivity index (χ1v) is 8.95. The fourth-order valence-corrected chi connectivity index (χ4v) is 2.47. The number of carbonyl (C=O) groups excluding carboxylic acids is 2. The smallest absolute Gasteiger partial charge is 0.265 e. The van der Waals surface area contributed by atoms with E-state index in [-0.39, 0.29) is 11.8 Å². The molecule has 6 heteroatoms. The first-order valence-electron chi connectivity index (χ1n) is 8.95. The number of ether oxygens (including phenoxy) is 2. The van der Waals surface area contributed by atoms with Gasteiger partial charge in [-0.1, -0.05) is 36.8 Å². The Kier molecular flexibility index (Phi) is 7.82. The highest BCUT2D eigenvalue weighted by molar-refractivity contribution is 6.04. The molecule has 0 aromatic heterocycles. The molecule has 0 saturated carbocycles. The third-order valence-corrected chi connectivity index (χ3v) is 3.98. The Morgan fingerprint density at radius 1 is 1.07 bits per heavy atom. The number of carbonyl (C=O) groups is 2. The average Bonchev–Trinajstić information content (AvgIpc) is 2.68. The van der Waals surface area contributed by atoms with Crippen molar-refractivity contribution in [2.45, 2.75) is 26.4 Å². The van der Waals surface area contributed by atoms with Crippen molar-refractivity contribution in [3.05, 3.63) is 59.7 Å². The molecule has 6 nitrogen and oxygen atoms in total. The molecule has 0 aliphatic rings. The standard InChI is InChI=1S/C21H26N2O4/c1-4-19(27-16-11-9-15(2)10-12-16)21(25)23-18-8-6-5-7-17(18)20(24)22-13-14-26-3/h5-12,19H,4,13-14H2,1-3H3,(H,22,24)(H,23,25)/t19-/m1/s1. The number of nitrogens with one attached hydrogen (secondary N) is 2. The third-order valence-electron chi connectivity index (χ3n) is 3.98. The number of para-hydroxylation sites is 1. The molecule has 2 N–H and O–H groups in total. The summed E-state index contributed by atoms with van der Waals surface area (Å²) in [5.74, 6) is 0.0684. The Balaban J connectivity index is 2.07. The van der Waals surface area contributed by atoms with Gasteiger partial charge in [-0.25, -0.2) is 0 Å². The van der Waals surface area contributed by atoms with Gasteiger partial charge in [0.25, 0.3) is 11.8 Å². The molecule has 0 aliphatic carbocycles. The van der Waals surface area contributed by atoms with Gasteiger partial charge in [0.15, 0.2) is 6.10 Å². The number of benzene rings is 2. The van der Waals surface area contributed by atoms with Crippen molar-refractivity contribution in [3.63, 3.8) is 0 Å². The first-order chi connectivity index (χ1) is 13.0. The van der Waals surface area contributed by atoms with Crippen molar-refractivity contribution in [1.82, 2.24) is 5.32 Å². The van der Waals surface area contributed by atoms with Crippen molar-refractivity contribution in [1.29, 1.82) is 0 Å². The summed E-state index contributed by atoms with van der Waals surface area (Å²) in [5.41, 5.74) is 1.96. The summed E-state index contributed by atoms with van der Waals surface area (Å²) in [6.45, 7) is 4.68. The van der Waals surface area contributed by atoms with E-state index < -0.39 is 6.10 Å². The highest BCUT2D eigenvalue weighted by atomic mass is 16.5. The van der Waals surface area contributed by atoms with E-state index in [1.54, 1.807) is 31.4 Å². The molecular weight excluding hydrogens is 344 g/mol. The van der Waals surface area contributed by atoms with Crippen LogP contribution in [-0.2, 0) is 9.53 Å². The second-order valence-electron chi connectivity index (χ2n) is 6.11. The molecule has 2 rings (SSSR count). The molecule has 0 saturated heterocycles. The summed E-state index contributed by atoms with van der Waals surface area (Å²) in [6.07, 6.45) is -0.153. The number of hydrogen-bond donors (Lipinski definition) is 2. The SMILES string of the molecule is CC[C@@H](Oc1ccc(C)cc1)C(=O)Nc1ccccc1C(=O)NCCOC. The normalized spacial score (nSPS) is 11.5. The quantitative estimate of drug-likeness (QED) is 0.665. The zero-order valence-electron chi connectivity index (χ0n) is 16.0. The van der Waals surface area contributed by atoms with Crippen molar-refractivity contribution >= 4 is 17.5 Å². The minimum Gasteiger partial charge on any atom is -0.481 e. The van der Waals surface area contributed by atoms with Gasteiger partial charge in [0.2, 0.25) is 0 Å². The van der Waals surface area contributed by atoms with Gasteiger partial charge in [0, 0.05) is 13.7 Å². The van der Waals surface area contributed by atoms with Crippen LogP contribution >= 0.6 is 0 Å². The molecular formula is C21H26N2O4. The Labute approximate surface area is 159 Å². The monoisotopic (exact) mass is 370 g/mol. The molecule has 2 aromatic rings. The average molecular weight is 370 g/mol. The largest absolute Gasteiger partial charge is 0.481 e. The fourth-order valence-electron chi connectivity index (χ4n) is 2.47. The zero-order chi connectivity index (χ0) is 19.6. The Morgan fingerprint density at radius 3 is 2.44 bits per heavy atom. The summed E-state index contributed by atoms with van der Waals surface area (Å²) < 4.78 is 10.7. The van der Waals surface area contributed by atoms with E-state index in [0.717, 1.165) is 5.56 Å². The van der Waals surface area contributed by atoms with Crippen molar-refractivity contribution in [2.24, 2.45) is 0 Å². The van der Waals surface area contributed by atoms with E-state index in [0.29, 0.717) is 36.6 Å². The van der Waals surface area contributed by atoms with E-state index in [2.05, 4.69) is 10.6 Å². The van der Waals surface area contributed by atoms with Gasteiger partial charge >= 0.3 is 0 Å². The van der Waals surface area contributed by atoms with Gasteiger partial charge in [-0.05, 0) is 37.6 Å². The van der Waals surface area contributed by atoms with E-state index in [1.807, 2.05) is 38.1 Å². The minimum absolute atomic E-state index is 0.268. The maximum absolute atomic E-state index is 12.7. The van der Waals surface area contributed by atoms with Crippen LogP contribution < -0.4 is 15.4 Å². The third kappa shape index (κ3) is 6.11. The molecule has 1 atom stereocenters. The molecule has 144 valence electrons. The maximum atomic E-state index is 12.7. The van der Waals surface area contributed by atoms with Crippen molar-refractivity contribution < 1.29 is 19.1 Å². The second-order valence-corrected chi connectivity index (χ2v) is 6.11. The molecule has 2 amide bonds. The summed E-state index contributed by atoms with van der Waals surface area (Å²) in [5, 5.41) is 5.56. The highest BCUT2D eigenvalue weighted by Crippen LogP contribution is 2.18. The number of amides is 2. The van der Waals surface area contributed by atoms with Crippen molar-refractivity contribution in [2.75, 3.05) is 25.6 Å². The van der Waals surface area contributed by atoms with Crippen LogP contribution in [0.25, 0.3) is 0 Å². The number of anilines is 1. The van der Waals surface area contributed by atoms with Gasteiger partial charge in [0.05, 0.1) is 17.9 Å². The molecule has 2 aromatic carbocycles. The van der Waals surface area contributed by atoms with E-state index in [1.165, 1.54) is 0 Å². The van der Waals surface area contributed by atoms with Crippen LogP contribution in [0.15, 0.2) is 48.5 Å². The summed E-state index contributed by atoms with van der Waals surface area (Å²) >= 11 is 0. The number of aryl methyl sites for hydroxylation is 1. The topological polar surface area (TPSA) is 76.7 Å². The number of hydrogen-bond acceptors (Lipinski definition) is 4. The molecule has 0 bridgehead atoms. The molecule has 0 aliphatic heterocycles. The first kappa shape index (κ1) is 20.5. The van der Waals surface area contributed by atoms with Gasteiger partial charge in [-0.15, -0.1) is 0 Å². The molecule has 0 spiro atoms. The van der Waals surface area contributed by atoms with Crippen LogP contribution in [0.2, 0.25) is 0 Å². The van der Waals surface area contributed by atoms with Gasteiger partial charge in [-0.3, -0.25) is 9.59 Å². The highest BCUT2D eigenvalue weighted by Gasteiger charge is 2.21. The molecule has 0 radical (unpaired) electrons. The summed E-state index contributed by atoms with van der Waals surface area (Å²) in [6, 6.07) is 14.4. The lowest BCUT2D eigenvalue weighted by atomic mass is 10.1. The summed E-state index contributed by atoms with van der Waals surface area (Å²) in [7, 11) is 1.57. The summed E-state index contributed by atoms with van der Waals surface area (Å²) in [4.78, 5) is 25.0. The van der Waals surface area contributed by atoms with Crippen LogP contribution in [0, 0.1) is 6.92 Å². The predicted molar refractivity (Wildman–Crippen MR) is 105 cm³/mol. The van der Waals surface area contributed by atoms with Crippen LogP contribution in [0.4, 0.5) is 5.69 Å². The van der Waals surface area contributed by atoms with Gasteiger partial charge < -0.3 is 20.1 Å². The lowest BCUT2D eigenvalue weighted by Crippen LogP contribution is -2.34. The van der Waals surface area contributed by atoms with Crippen LogP contribution in [0.5, 0.6) is 5.75 Å². The zero-order valence-corrected chi connectivity index (χ0v) is 16.0. The second kappa shape index (κ2) is 10.3. The van der Waals surface area contributed by atoms with Crippen LogP contribution in [0.1, 0.15) is 29.3 Å².